The molecule has 0 aliphatic heterocycles. The summed E-state index contributed by atoms with van der Waals surface area (Å²) in [6.45, 7) is 9.02. The molecule has 4 aromatic rings. The average molecular weight is 469 g/mol. The Morgan fingerprint density at radius 3 is 2.27 bits per heavy atom. The van der Waals surface area contributed by atoms with Crippen LogP contribution in [0, 0.1) is 5.41 Å². The molecule has 0 spiro atoms. The van der Waals surface area contributed by atoms with Crippen molar-refractivity contribution in [1.82, 2.24) is 9.97 Å². The first kappa shape index (κ1) is 23.4. The van der Waals surface area contributed by atoms with Crippen molar-refractivity contribution >= 4 is 22.1 Å². The van der Waals surface area contributed by atoms with Gasteiger partial charge in [-0.2, -0.15) is 13.2 Å². The number of rotatable bonds is 4. The van der Waals surface area contributed by atoms with Gasteiger partial charge in [0.1, 0.15) is 0 Å². The maximum atomic E-state index is 13.3. The predicted octanol–water partition coefficient (Wildman–Crippen LogP) is 8.45. The summed E-state index contributed by atoms with van der Waals surface area (Å²) in [5.41, 5.74) is 2.14. The van der Waals surface area contributed by atoms with Gasteiger partial charge in [-0.1, -0.05) is 58.9 Å². The van der Waals surface area contributed by atoms with Crippen LogP contribution in [0.5, 0.6) is 0 Å². The van der Waals surface area contributed by atoms with Crippen molar-refractivity contribution in [2.24, 2.45) is 5.41 Å². The van der Waals surface area contributed by atoms with E-state index in [0.717, 1.165) is 27.1 Å². The lowest BCUT2D eigenvalue weighted by atomic mass is 9.82. The van der Waals surface area contributed by atoms with Crippen LogP contribution in [0.3, 0.4) is 0 Å². The van der Waals surface area contributed by atoms with Crippen LogP contribution in [-0.4, -0.2) is 16.1 Å². The van der Waals surface area contributed by atoms with E-state index in [0.29, 0.717) is 5.01 Å². The molecule has 172 valence electrons. The average Bonchev–Trinajstić information content (AvgIpc) is 3.19. The van der Waals surface area contributed by atoms with Crippen molar-refractivity contribution in [3.8, 4) is 21.7 Å². The molecular formula is C27H27F3N2S. The Kier molecular flexibility index (Phi) is 5.85. The van der Waals surface area contributed by atoms with Gasteiger partial charge in [0.05, 0.1) is 21.0 Å². The third kappa shape index (κ3) is 4.81. The van der Waals surface area contributed by atoms with Gasteiger partial charge in [-0.25, -0.2) is 4.98 Å². The molecule has 2 aromatic heterocycles. The highest BCUT2D eigenvalue weighted by molar-refractivity contribution is 7.15. The van der Waals surface area contributed by atoms with Gasteiger partial charge in [-0.05, 0) is 51.6 Å². The van der Waals surface area contributed by atoms with Crippen LogP contribution in [0.1, 0.15) is 45.2 Å². The highest BCUT2D eigenvalue weighted by atomic mass is 32.1. The molecule has 0 fully saturated rings. The molecule has 4 rings (SSSR count). The fourth-order valence-electron chi connectivity index (χ4n) is 3.82. The minimum Gasteiger partial charge on any atom is -0.256 e. The van der Waals surface area contributed by atoms with E-state index in [-0.39, 0.29) is 11.8 Å². The molecule has 0 bridgehead atoms. The second-order valence-corrected chi connectivity index (χ2v) is 11.2. The van der Waals surface area contributed by atoms with Crippen molar-refractivity contribution in [3.05, 3.63) is 71.5 Å². The van der Waals surface area contributed by atoms with Gasteiger partial charge >= 0.3 is 6.18 Å². The summed E-state index contributed by atoms with van der Waals surface area (Å²) in [5, 5.41) is 2.86. The van der Waals surface area contributed by atoms with Gasteiger partial charge in [0.25, 0.3) is 0 Å². The SMILES string of the molecule is CC(C)(C)c1cc(-c2cc(-c3cnc(CC(C)(C)C(F)(F)F)s3)ccn2)cc2ccccc12. The lowest BCUT2D eigenvalue weighted by Gasteiger charge is -2.26. The number of halogens is 3. The predicted molar refractivity (Wildman–Crippen MR) is 131 cm³/mol. The minimum absolute atomic E-state index is 0.0366. The summed E-state index contributed by atoms with van der Waals surface area (Å²) >= 11 is 1.30. The fraction of sp³-hybridized carbons (Fsp3) is 0.333. The van der Waals surface area contributed by atoms with E-state index in [1.807, 2.05) is 18.2 Å². The van der Waals surface area contributed by atoms with Gasteiger partial charge in [0, 0.05) is 24.4 Å². The zero-order valence-electron chi connectivity index (χ0n) is 19.4. The minimum atomic E-state index is -4.27. The lowest BCUT2D eigenvalue weighted by molar-refractivity contribution is -0.211. The first-order valence-electron chi connectivity index (χ1n) is 10.9. The number of hydrogen-bond acceptors (Lipinski definition) is 3. The number of fused-ring (bicyclic) bond motifs is 1. The van der Waals surface area contributed by atoms with E-state index >= 15 is 0 Å². The van der Waals surface area contributed by atoms with E-state index in [9.17, 15) is 13.2 Å². The quantitative estimate of drug-likeness (QED) is 0.300. The maximum absolute atomic E-state index is 13.3. The highest BCUT2D eigenvalue weighted by Crippen LogP contribution is 2.42. The monoisotopic (exact) mass is 468 g/mol. The zero-order valence-corrected chi connectivity index (χ0v) is 20.2. The highest BCUT2D eigenvalue weighted by Gasteiger charge is 2.47. The summed E-state index contributed by atoms with van der Waals surface area (Å²) in [6.07, 6.45) is -1.01. The maximum Gasteiger partial charge on any atom is 0.394 e. The molecular weight excluding hydrogens is 441 g/mol. The van der Waals surface area contributed by atoms with Crippen molar-refractivity contribution < 1.29 is 13.2 Å². The van der Waals surface area contributed by atoms with Gasteiger partial charge in [0.15, 0.2) is 0 Å². The Hall–Kier alpha value is -2.73. The third-order valence-electron chi connectivity index (χ3n) is 5.92. The Balaban J connectivity index is 1.72. The van der Waals surface area contributed by atoms with Crippen LogP contribution in [0.4, 0.5) is 13.2 Å². The largest absolute Gasteiger partial charge is 0.394 e. The summed E-state index contributed by atoms with van der Waals surface area (Å²) in [5.74, 6) is 0. The van der Waals surface area contributed by atoms with Gasteiger partial charge in [-0.3, -0.25) is 4.98 Å². The Labute approximate surface area is 196 Å². The molecule has 0 aliphatic carbocycles. The summed E-state index contributed by atoms with van der Waals surface area (Å²) in [6, 6.07) is 16.5. The Morgan fingerprint density at radius 2 is 1.58 bits per heavy atom. The van der Waals surface area contributed by atoms with Gasteiger partial charge in [-0.15, -0.1) is 11.3 Å². The summed E-state index contributed by atoms with van der Waals surface area (Å²) in [4.78, 5) is 9.71. The van der Waals surface area contributed by atoms with E-state index in [1.54, 1.807) is 12.4 Å². The van der Waals surface area contributed by atoms with E-state index in [4.69, 9.17) is 0 Å². The Morgan fingerprint density at radius 1 is 0.848 bits per heavy atom. The van der Waals surface area contributed by atoms with Crippen LogP contribution in [0.15, 0.2) is 60.9 Å². The van der Waals surface area contributed by atoms with Gasteiger partial charge < -0.3 is 0 Å². The standard InChI is InChI=1S/C27H27F3N2S/c1-25(2,3)21-13-19(12-17-8-6-7-9-20(17)21)22-14-18(10-11-31-22)23-16-32-24(33-23)15-26(4,5)27(28,29)30/h6-14,16H,15H2,1-5H3. The zero-order chi connectivity index (χ0) is 24.0. The van der Waals surface area contributed by atoms with Crippen LogP contribution < -0.4 is 0 Å². The number of benzene rings is 2. The molecule has 0 N–H and O–H groups in total. The van der Waals surface area contributed by atoms with E-state index in [1.165, 1.54) is 36.1 Å². The second kappa shape index (κ2) is 8.24. The normalized spacial score (nSPS) is 13.0. The molecule has 0 saturated heterocycles. The van der Waals surface area contributed by atoms with Crippen molar-refractivity contribution in [2.45, 2.75) is 52.6 Å². The molecule has 0 aliphatic rings. The molecule has 0 radical (unpaired) electrons. The summed E-state index contributed by atoms with van der Waals surface area (Å²) < 4.78 is 39.9. The van der Waals surface area contributed by atoms with Crippen molar-refractivity contribution in [2.75, 3.05) is 0 Å². The van der Waals surface area contributed by atoms with E-state index < -0.39 is 11.6 Å². The second-order valence-electron chi connectivity index (χ2n) is 10.1. The first-order chi connectivity index (χ1) is 15.3. The van der Waals surface area contributed by atoms with Crippen LogP contribution in [-0.2, 0) is 11.8 Å². The first-order valence-corrected chi connectivity index (χ1v) is 11.7. The number of alkyl halides is 3. The van der Waals surface area contributed by atoms with Gasteiger partial charge in [0.2, 0.25) is 0 Å². The lowest BCUT2D eigenvalue weighted by Crippen LogP contribution is -2.34. The van der Waals surface area contributed by atoms with Crippen LogP contribution in [0.25, 0.3) is 32.5 Å². The number of nitrogens with zero attached hydrogens (tertiary/aromatic N) is 2. The van der Waals surface area contributed by atoms with Crippen molar-refractivity contribution in [3.63, 3.8) is 0 Å². The smallest absolute Gasteiger partial charge is 0.256 e. The third-order valence-corrected chi connectivity index (χ3v) is 6.97. The molecule has 0 amide bonds. The molecule has 0 saturated carbocycles. The number of hydrogen-bond donors (Lipinski definition) is 0. The molecule has 2 aromatic carbocycles. The number of aromatic nitrogens is 2. The molecule has 2 heterocycles. The topological polar surface area (TPSA) is 25.8 Å². The molecule has 6 heteroatoms. The number of thiazole rings is 1. The van der Waals surface area contributed by atoms with Crippen LogP contribution >= 0.6 is 11.3 Å². The fourth-order valence-corrected chi connectivity index (χ4v) is 4.97. The molecule has 0 unspecified atom stereocenters. The van der Waals surface area contributed by atoms with Crippen molar-refractivity contribution in [1.29, 1.82) is 0 Å². The number of pyridine rings is 1. The summed E-state index contributed by atoms with van der Waals surface area (Å²) in [7, 11) is 0. The molecule has 0 atom stereocenters. The van der Waals surface area contributed by atoms with Crippen LogP contribution in [0.2, 0.25) is 0 Å². The van der Waals surface area contributed by atoms with E-state index in [2.05, 4.69) is 61.1 Å². The Bertz CT molecular complexity index is 1300. The molecule has 33 heavy (non-hydrogen) atoms. The molecule has 2 nitrogen and oxygen atoms in total.